The molecular weight excluding hydrogens is 316 g/mol. The highest BCUT2D eigenvalue weighted by atomic mass is 16.2. The predicted octanol–water partition coefficient (Wildman–Crippen LogP) is 2.73. The molecule has 0 aliphatic heterocycles. The van der Waals surface area contributed by atoms with Crippen LogP contribution >= 0.6 is 0 Å². The van der Waals surface area contributed by atoms with E-state index in [1.807, 2.05) is 44.2 Å². The van der Waals surface area contributed by atoms with E-state index in [9.17, 15) is 9.59 Å². The normalized spacial score (nSPS) is 11.7. The average molecular weight is 340 g/mol. The van der Waals surface area contributed by atoms with Gasteiger partial charge in [0, 0.05) is 17.4 Å². The van der Waals surface area contributed by atoms with Crippen molar-refractivity contribution >= 4 is 23.3 Å². The first-order valence-corrected chi connectivity index (χ1v) is 8.22. The summed E-state index contributed by atoms with van der Waals surface area (Å²) in [4.78, 5) is 23.8. The molecule has 25 heavy (non-hydrogen) atoms. The summed E-state index contributed by atoms with van der Waals surface area (Å²) in [5, 5.41) is 8.24. The summed E-state index contributed by atoms with van der Waals surface area (Å²) in [6.45, 7) is 3.77. The highest BCUT2D eigenvalue weighted by Crippen LogP contribution is 2.14. The summed E-state index contributed by atoms with van der Waals surface area (Å²) >= 11 is 0. The van der Waals surface area contributed by atoms with Crippen LogP contribution < -0.4 is 21.7 Å². The van der Waals surface area contributed by atoms with Gasteiger partial charge in [-0.1, -0.05) is 30.3 Å². The zero-order valence-electron chi connectivity index (χ0n) is 14.5. The second-order valence-electron chi connectivity index (χ2n) is 6.12. The molecule has 0 unspecified atom stereocenters. The van der Waals surface area contributed by atoms with E-state index in [2.05, 4.69) is 16.0 Å². The van der Waals surface area contributed by atoms with E-state index in [0.717, 1.165) is 5.56 Å². The Morgan fingerprint density at radius 1 is 0.920 bits per heavy atom. The minimum Gasteiger partial charge on any atom is -0.336 e. The summed E-state index contributed by atoms with van der Waals surface area (Å²) in [5.74, 6) is -0.248. The van der Waals surface area contributed by atoms with Gasteiger partial charge in [0.25, 0.3) is 0 Å². The third kappa shape index (κ3) is 6.27. The van der Waals surface area contributed by atoms with Crippen LogP contribution in [0.1, 0.15) is 19.4 Å². The van der Waals surface area contributed by atoms with Crippen LogP contribution in [0.3, 0.4) is 0 Å². The van der Waals surface area contributed by atoms with E-state index in [1.165, 1.54) is 0 Å². The molecule has 0 saturated heterocycles. The number of carbonyl (C=O) groups excluding carboxylic acids is 2. The maximum atomic E-state index is 12.2. The Balaban J connectivity index is 1.87. The first kappa shape index (κ1) is 18.5. The zero-order chi connectivity index (χ0) is 18.2. The molecule has 6 heteroatoms. The maximum Gasteiger partial charge on any atom is 0.319 e. The molecule has 0 aliphatic rings. The van der Waals surface area contributed by atoms with Crippen molar-refractivity contribution in [2.24, 2.45) is 5.73 Å². The number of carbonyl (C=O) groups is 2. The molecule has 132 valence electrons. The molecule has 3 amide bonds. The van der Waals surface area contributed by atoms with Crippen molar-refractivity contribution in [2.45, 2.75) is 32.4 Å². The van der Waals surface area contributed by atoms with Gasteiger partial charge in [-0.2, -0.15) is 0 Å². The van der Waals surface area contributed by atoms with Gasteiger partial charge in [0.2, 0.25) is 5.91 Å². The first-order chi connectivity index (χ1) is 11.9. The summed E-state index contributed by atoms with van der Waals surface area (Å²) in [6.07, 6.45) is 0.474. The molecule has 0 aromatic heterocycles. The lowest BCUT2D eigenvalue weighted by Crippen LogP contribution is -2.37. The summed E-state index contributed by atoms with van der Waals surface area (Å²) in [6, 6.07) is 15.7. The molecule has 0 radical (unpaired) electrons. The van der Waals surface area contributed by atoms with E-state index in [1.54, 1.807) is 24.3 Å². The fraction of sp³-hybridized carbons (Fsp3) is 0.263. The fourth-order valence-electron chi connectivity index (χ4n) is 2.26. The average Bonchev–Trinajstić information content (AvgIpc) is 2.56. The van der Waals surface area contributed by atoms with Crippen molar-refractivity contribution < 1.29 is 9.59 Å². The van der Waals surface area contributed by atoms with Crippen LogP contribution in [0.25, 0.3) is 0 Å². The highest BCUT2D eigenvalue weighted by Gasteiger charge is 2.14. The smallest absolute Gasteiger partial charge is 0.319 e. The number of rotatable bonds is 6. The first-order valence-electron chi connectivity index (χ1n) is 8.22. The highest BCUT2D eigenvalue weighted by molar-refractivity contribution is 5.95. The largest absolute Gasteiger partial charge is 0.336 e. The minimum atomic E-state index is -0.628. The van der Waals surface area contributed by atoms with E-state index < -0.39 is 6.04 Å². The van der Waals surface area contributed by atoms with Crippen molar-refractivity contribution in [3.05, 3.63) is 60.2 Å². The molecule has 0 fully saturated rings. The van der Waals surface area contributed by atoms with Crippen molar-refractivity contribution in [1.82, 2.24) is 5.32 Å². The van der Waals surface area contributed by atoms with Crippen molar-refractivity contribution in [3.63, 3.8) is 0 Å². The predicted molar refractivity (Wildman–Crippen MR) is 100 cm³/mol. The second-order valence-corrected chi connectivity index (χ2v) is 6.12. The van der Waals surface area contributed by atoms with Crippen molar-refractivity contribution in [1.29, 1.82) is 0 Å². The molecule has 0 aliphatic carbocycles. The third-order valence-corrected chi connectivity index (χ3v) is 3.47. The van der Waals surface area contributed by atoms with Crippen LogP contribution in [0.5, 0.6) is 0 Å². The van der Waals surface area contributed by atoms with Gasteiger partial charge in [-0.25, -0.2) is 4.79 Å². The molecule has 2 aromatic carbocycles. The van der Waals surface area contributed by atoms with Gasteiger partial charge in [0.1, 0.15) is 0 Å². The standard InChI is InChI=1S/C19H24N4O2/c1-13(2)21-19(25)23-16-10-8-15(9-11-16)22-18(24)17(20)12-14-6-4-3-5-7-14/h3-11,13,17H,12,20H2,1-2H3,(H,22,24)(H2,21,23,25)/t17-/m0/s1. The summed E-state index contributed by atoms with van der Waals surface area (Å²) in [7, 11) is 0. The van der Waals surface area contributed by atoms with E-state index in [-0.39, 0.29) is 18.0 Å². The van der Waals surface area contributed by atoms with Crippen LogP contribution in [0.4, 0.5) is 16.2 Å². The Labute approximate surface area is 147 Å². The number of benzene rings is 2. The lowest BCUT2D eigenvalue weighted by Gasteiger charge is -2.13. The number of anilines is 2. The Morgan fingerprint density at radius 2 is 1.48 bits per heavy atom. The second kappa shape index (κ2) is 8.84. The number of nitrogens with one attached hydrogen (secondary N) is 3. The Hall–Kier alpha value is -2.86. The molecule has 0 saturated carbocycles. The van der Waals surface area contributed by atoms with Crippen LogP contribution in [0, 0.1) is 0 Å². The quantitative estimate of drug-likeness (QED) is 0.651. The molecule has 1 atom stereocenters. The van der Waals surface area contributed by atoms with E-state index >= 15 is 0 Å². The topological polar surface area (TPSA) is 96.2 Å². The Bertz CT molecular complexity index is 699. The van der Waals surface area contributed by atoms with Crippen LogP contribution in [0.2, 0.25) is 0 Å². The fourth-order valence-corrected chi connectivity index (χ4v) is 2.26. The molecule has 0 spiro atoms. The lowest BCUT2D eigenvalue weighted by molar-refractivity contribution is -0.117. The summed E-state index contributed by atoms with van der Waals surface area (Å²) < 4.78 is 0. The van der Waals surface area contributed by atoms with Gasteiger partial charge in [-0.15, -0.1) is 0 Å². The monoisotopic (exact) mass is 340 g/mol. The van der Waals surface area contributed by atoms with Crippen molar-refractivity contribution in [2.75, 3.05) is 10.6 Å². The molecule has 2 aromatic rings. The Morgan fingerprint density at radius 3 is 2.04 bits per heavy atom. The molecule has 5 N–H and O–H groups in total. The van der Waals surface area contributed by atoms with Gasteiger partial charge in [-0.3, -0.25) is 4.79 Å². The number of hydrogen-bond donors (Lipinski definition) is 4. The minimum absolute atomic E-state index is 0.0599. The molecule has 2 rings (SSSR count). The van der Waals surface area contributed by atoms with Gasteiger partial charge >= 0.3 is 6.03 Å². The van der Waals surface area contributed by atoms with Crippen molar-refractivity contribution in [3.8, 4) is 0 Å². The van der Waals surface area contributed by atoms with E-state index in [0.29, 0.717) is 17.8 Å². The maximum absolute atomic E-state index is 12.2. The molecule has 6 nitrogen and oxygen atoms in total. The number of urea groups is 1. The lowest BCUT2D eigenvalue weighted by atomic mass is 10.1. The van der Waals surface area contributed by atoms with Gasteiger partial charge in [0.05, 0.1) is 6.04 Å². The molecule has 0 heterocycles. The third-order valence-electron chi connectivity index (χ3n) is 3.47. The van der Waals surface area contributed by atoms with Gasteiger partial charge in [-0.05, 0) is 50.1 Å². The van der Waals surface area contributed by atoms with Gasteiger partial charge < -0.3 is 21.7 Å². The molecular formula is C19H24N4O2. The van der Waals surface area contributed by atoms with Crippen LogP contribution in [-0.4, -0.2) is 24.0 Å². The zero-order valence-corrected chi connectivity index (χ0v) is 14.5. The molecule has 0 bridgehead atoms. The summed E-state index contributed by atoms with van der Waals surface area (Å²) in [5.41, 5.74) is 8.25. The number of amides is 3. The Kier molecular flexibility index (Phi) is 6.54. The van der Waals surface area contributed by atoms with E-state index in [4.69, 9.17) is 5.73 Å². The van der Waals surface area contributed by atoms with Gasteiger partial charge in [0.15, 0.2) is 0 Å². The SMILES string of the molecule is CC(C)NC(=O)Nc1ccc(NC(=O)[C@@H](N)Cc2ccccc2)cc1. The van der Waals surface area contributed by atoms with Crippen LogP contribution in [-0.2, 0) is 11.2 Å². The number of nitrogens with two attached hydrogens (primary N) is 1. The van der Waals surface area contributed by atoms with Crippen LogP contribution in [0.15, 0.2) is 54.6 Å². The number of hydrogen-bond acceptors (Lipinski definition) is 3.